The largest absolute Gasteiger partial charge is 0.486 e. The molecule has 10 heteroatoms. The summed E-state index contributed by atoms with van der Waals surface area (Å²) in [5.41, 5.74) is 7.47. The number of aryl methyl sites for hydroxylation is 2. The van der Waals surface area contributed by atoms with E-state index >= 15 is 0 Å². The first kappa shape index (κ1) is 29.5. The number of benzene rings is 3. The Morgan fingerprint density at radius 3 is 2.33 bits per heavy atom. The van der Waals surface area contributed by atoms with Crippen molar-refractivity contribution in [2.45, 2.75) is 27.1 Å². The Balaban J connectivity index is 1.12. The predicted molar refractivity (Wildman–Crippen MR) is 168 cm³/mol. The van der Waals surface area contributed by atoms with Gasteiger partial charge in [0.2, 0.25) is 0 Å². The second-order valence-corrected chi connectivity index (χ2v) is 11.1. The molecular weight excluding hydrogens is 641 g/mol. The lowest BCUT2D eigenvalue weighted by atomic mass is 10.2. The van der Waals surface area contributed by atoms with Gasteiger partial charge in [0.1, 0.15) is 24.7 Å². The first-order chi connectivity index (χ1) is 20.3. The maximum absolute atomic E-state index is 12.5. The average Bonchev–Trinajstić information content (AvgIpc) is 3.59. The van der Waals surface area contributed by atoms with Crippen LogP contribution in [0.2, 0.25) is 10.0 Å². The first-order valence-corrected chi connectivity index (χ1v) is 14.5. The summed E-state index contributed by atoms with van der Waals surface area (Å²) in [7, 11) is 0. The number of hydrogen-bond acceptors (Lipinski definition) is 5. The van der Waals surface area contributed by atoms with E-state index in [1.807, 2.05) is 36.4 Å². The number of nitrogens with one attached hydrogen (secondary N) is 1. The normalized spacial score (nSPS) is 11.2. The average molecular weight is 667 g/mol. The van der Waals surface area contributed by atoms with Gasteiger partial charge in [-0.3, -0.25) is 4.79 Å². The number of ether oxygens (including phenoxy) is 2. The van der Waals surface area contributed by atoms with Crippen molar-refractivity contribution in [1.29, 1.82) is 0 Å². The van der Waals surface area contributed by atoms with E-state index in [-0.39, 0.29) is 12.4 Å². The van der Waals surface area contributed by atoms with E-state index in [9.17, 15) is 4.79 Å². The summed E-state index contributed by atoms with van der Waals surface area (Å²) in [4.78, 5) is 12.5. The summed E-state index contributed by atoms with van der Waals surface area (Å²) < 4.78 is 20.2. The third kappa shape index (κ3) is 7.26. The Hall–Kier alpha value is -3.98. The molecule has 0 aliphatic heterocycles. The molecule has 0 saturated carbocycles. The molecule has 42 heavy (non-hydrogen) atoms. The van der Waals surface area contributed by atoms with Gasteiger partial charge < -0.3 is 18.5 Å². The van der Waals surface area contributed by atoms with Crippen LogP contribution in [0.4, 0.5) is 0 Å². The number of halogens is 3. The fourth-order valence-corrected chi connectivity index (χ4v) is 5.36. The topological polar surface area (TPSA) is 78.0 Å². The van der Waals surface area contributed by atoms with Crippen LogP contribution < -0.4 is 14.9 Å². The molecule has 7 nitrogen and oxygen atoms in total. The molecule has 0 fully saturated rings. The second-order valence-electron chi connectivity index (χ2n) is 9.43. The number of carbonyl (C=O) groups is 1. The molecule has 3 aromatic carbocycles. The van der Waals surface area contributed by atoms with E-state index in [2.05, 4.69) is 57.0 Å². The van der Waals surface area contributed by atoms with Crippen LogP contribution in [0.5, 0.6) is 11.5 Å². The fraction of sp³-hybridized carbons (Fsp3) is 0.125. The molecule has 0 aliphatic carbocycles. The lowest BCUT2D eigenvalue weighted by Crippen LogP contribution is -2.16. The van der Waals surface area contributed by atoms with E-state index in [4.69, 9.17) is 37.1 Å². The van der Waals surface area contributed by atoms with Gasteiger partial charge in [0, 0.05) is 22.1 Å². The zero-order valence-corrected chi connectivity index (χ0v) is 25.8. The summed E-state index contributed by atoms with van der Waals surface area (Å²) in [6.07, 6.45) is 1.48. The van der Waals surface area contributed by atoms with Crippen molar-refractivity contribution in [2.75, 3.05) is 0 Å². The van der Waals surface area contributed by atoms with Crippen molar-refractivity contribution in [2.24, 2.45) is 5.10 Å². The highest BCUT2D eigenvalue weighted by Crippen LogP contribution is 2.35. The summed E-state index contributed by atoms with van der Waals surface area (Å²) >= 11 is 15.8. The minimum atomic E-state index is -0.493. The standard InChI is InChI=1S/C32H26BrCl2N3O4/c1-20-3-4-21(2)38(20)25-9-11-26(12-10-25)40-19-27-13-14-30(42-27)32(39)37-36-17-23-15-28(33)31(29(35)16-23)41-18-22-5-7-24(34)8-6-22/h3-17H,18-19H2,1-2H3,(H,37,39)/b36-17+. The SMILES string of the molecule is Cc1ccc(C)n1-c1ccc(OCc2ccc(C(=O)N/N=C/c3cc(Cl)c(OCc4ccc(Cl)cc4)c(Br)c3)o2)cc1. The molecule has 2 heterocycles. The van der Waals surface area contributed by atoms with E-state index in [1.165, 1.54) is 6.21 Å². The summed E-state index contributed by atoms with van der Waals surface area (Å²) in [6, 6.07) is 26.1. The predicted octanol–water partition coefficient (Wildman–Crippen LogP) is 8.68. The molecule has 0 spiro atoms. The number of hydrazone groups is 1. The van der Waals surface area contributed by atoms with Gasteiger partial charge >= 0.3 is 5.91 Å². The van der Waals surface area contributed by atoms with Crippen molar-refractivity contribution in [3.8, 4) is 17.2 Å². The molecule has 2 aromatic heterocycles. The van der Waals surface area contributed by atoms with Crippen LogP contribution in [0.15, 0.2) is 98.9 Å². The van der Waals surface area contributed by atoms with E-state index in [0.717, 1.165) is 22.6 Å². The Labute approximate surface area is 261 Å². The molecule has 0 unspecified atom stereocenters. The number of furan rings is 1. The van der Waals surface area contributed by atoms with Crippen LogP contribution >= 0.6 is 39.1 Å². The van der Waals surface area contributed by atoms with Crippen molar-refractivity contribution in [3.05, 3.63) is 133 Å². The molecule has 0 atom stereocenters. The Kier molecular flexibility index (Phi) is 9.37. The first-order valence-electron chi connectivity index (χ1n) is 12.9. The lowest BCUT2D eigenvalue weighted by molar-refractivity contribution is 0.0923. The van der Waals surface area contributed by atoms with Gasteiger partial charge in [-0.15, -0.1) is 0 Å². The molecule has 214 valence electrons. The van der Waals surface area contributed by atoms with E-state index < -0.39 is 5.91 Å². The molecule has 0 radical (unpaired) electrons. The van der Waals surface area contributed by atoms with Crippen LogP contribution in [0, 0.1) is 13.8 Å². The van der Waals surface area contributed by atoms with Gasteiger partial charge in [-0.1, -0.05) is 35.3 Å². The monoisotopic (exact) mass is 665 g/mol. The van der Waals surface area contributed by atoms with Crippen LogP contribution in [0.3, 0.4) is 0 Å². The molecule has 1 amide bonds. The zero-order chi connectivity index (χ0) is 29.6. The highest BCUT2D eigenvalue weighted by atomic mass is 79.9. The molecule has 5 rings (SSSR count). The Bertz CT molecular complexity index is 1690. The highest BCUT2D eigenvalue weighted by molar-refractivity contribution is 9.10. The maximum Gasteiger partial charge on any atom is 0.307 e. The van der Waals surface area contributed by atoms with Crippen LogP contribution in [0.25, 0.3) is 5.69 Å². The number of nitrogens with zero attached hydrogens (tertiary/aromatic N) is 2. The van der Waals surface area contributed by atoms with Gasteiger partial charge in [-0.2, -0.15) is 5.10 Å². The zero-order valence-electron chi connectivity index (χ0n) is 22.7. The van der Waals surface area contributed by atoms with Crippen molar-refractivity contribution < 1.29 is 18.7 Å². The Morgan fingerprint density at radius 1 is 0.929 bits per heavy atom. The van der Waals surface area contributed by atoms with Gasteiger partial charge in [0.15, 0.2) is 11.5 Å². The van der Waals surface area contributed by atoms with Crippen LogP contribution in [0.1, 0.15) is 38.8 Å². The minimum absolute atomic E-state index is 0.116. The molecule has 0 bridgehead atoms. The van der Waals surface area contributed by atoms with Gasteiger partial charge in [-0.05, 0) is 114 Å². The number of aromatic nitrogens is 1. The van der Waals surface area contributed by atoms with E-state index in [1.54, 1.807) is 36.4 Å². The molecule has 0 aliphatic rings. The number of rotatable bonds is 10. The van der Waals surface area contributed by atoms with Gasteiger partial charge in [-0.25, -0.2) is 5.43 Å². The quantitative estimate of drug-likeness (QED) is 0.120. The van der Waals surface area contributed by atoms with Crippen molar-refractivity contribution >= 4 is 51.3 Å². The fourth-order valence-electron chi connectivity index (χ4n) is 4.25. The van der Waals surface area contributed by atoms with Crippen molar-refractivity contribution in [3.63, 3.8) is 0 Å². The number of amides is 1. The third-order valence-corrected chi connectivity index (χ3v) is 7.45. The lowest BCUT2D eigenvalue weighted by Gasteiger charge is -2.11. The number of carbonyl (C=O) groups excluding carboxylic acids is 1. The molecule has 0 saturated heterocycles. The highest BCUT2D eigenvalue weighted by Gasteiger charge is 2.12. The van der Waals surface area contributed by atoms with Crippen LogP contribution in [-0.2, 0) is 13.2 Å². The molecular formula is C32H26BrCl2N3O4. The summed E-state index contributed by atoms with van der Waals surface area (Å²) in [6.45, 7) is 4.65. The second kappa shape index (κ2) is 13.3. The third-order valence-electron chi connectivity index (χ3n) is 6.33. The van der Waals surface area contributed by atoms with Gasteiger partial charge in [0.25, 0.3) is 0 Å². The summed E-state index contributed by atoms with van der Waals surface area (Å²) in [5.74, 6) is 1.33. The number of hydrogen-bond donors (Lipinski definition) is 1. The van der Waals surface area contributed by atoms with Crippen LogP contribution in [-0.4, -0.2) is 16.7 Å². The molecule has 5 aromatic rings. The molecule has 1 N–H and O–H groups in total. The van der Waals surface area contributed by atoms with Crippen molar-refractivity contribution in [1.82, 2.24) is 9.99 Å². The smallest absolute Gasteiger partial charge is 0.307 e. The Morgan fingerprint density at radius 2 is 1.64 bits per heavy atom. The minimum Gasteiger partial charge on any atom is -0.486 e. The summed E-state index contributed by atoms with van der Waals surface area (Å²) in [5, 5.41) is 5.08. The van der Waals surface area contributed by atoms with E-state index in [0.29, 0.717) is 43.9 Å². The van der Waals surface area contributed by atoms with Gasteiger partial charge in [0.05, 0.1) is 15.7 Å². The maximum atomic E-state index is 12.5.